The van der Waals surface area contributed by atoms with Crippen LogP contribution in [0.1, 0.15) is 40.1 Å². The first-order valence-electron chi connectivity index (χ1n) is 14.5. The molecule has 6 nitrogen and oxygen atoms in total. The maximum atomic E-state index is 13.9. The van der Waals surface area contributed by atoms with Crippen molar-refractivity contribution in [3.63, 3.8) is 0 Å². The van der Waals surface area contributed by atoms with Crippen LogP contribution in [-0.2, 0) is 16.9 Å². The second-order valence-electron chi connectivity index (χ2n) is 10.8. The van der Waals surface area contributed by atoms with Gasteiger partial charge in [-0.3, -0.25) is 4.98 Å². The fourth-order valence-electron chi connectivity index (χ4n) is 7.05. The average Bonchev–Trinajstić information content (AvgIpc) is 3.67. The number of aromatic nitrogens is 4. The molecular weight excluding hydrogens is 532 g/mol. The van der Waals surface area contributed by atoms with Crippen LogP contribution < -0.4 is 0 Å². The normalized spacial score (nSPS) is 16.1. The van der Waals surface area contributed by atoms with Crippen molar-refractivity contribution in [1.82, 2.24) is 18.9 Å². The van der Waals surface area contributed by atoms with Gasteiger partial charge < -0.3 is 13.7 Å². The highest BCUT2D eigenvalue weighted by Crippen LogP contribution is 2.55. The molecule has 6 heteroatoms. The first kappa shape index (κ1) is 25.2. The van der Waals surface area contributed by atoms with Gasteiger partial charge in [-0.25, -0.2) is 9.78 Å². The molecule has 0 fully saturated rings. The summed E-state index contributed by atoms with van der Waals surface area (Å²) in [4.78, 5) is 23.3. The van der Waals surface area contributed by atoms with Crippen LogP contribution in [0.5, 0.6) is 0 Å². The average molecular weight is 561 g/mol. The maximum Gasteiger partial charge on any atom is 0.360 e. The van der Waals surface area contributed by atoms with Crippen LogP contribution in [0, 0.1) is 6.92 Å². The first-order chi connectivity index (χ1) is 21.1. The van der Waals surface area contributed by atoms with E-state index in [0.717, 1.165) is 62.2 Å². The molecule has 4 aromatic heterocycles. The molecule has 8 rings (SSSR count). The minimum Gasteiger partial charge on any atom is -0.436 e. The number of rotatable bonds is 5. The van der Waals surface area contributed by atoms with E-state index in [-0.39, 0.29) is 5.69 Å². The quantitative estimate of drug-likeness (QED) is 0.202. The van der Waals surface area contributed by atoms with E-state index in [1.807, 2.05) is 42.5 Å². The molecule has 1 aliphatic rings. The Morgan fingerprint density at radius 3 is 2.12 bits per heavy atom. The number of aryl methyl sites for hydroxylation is 1. The van der Waals surface area contributed by atoms with Gasteiger partial charge in [0.15, 0.2) is 5.69 Å². The molecule has 0 bridgehead atoms. The van der Waals surface area contributed by atoms with Crippen LogP contribution in [0.15, 0.2) is 122 Å². The number of benzene rings is 3. The second kappa shape index (κ2) is 9.53. The zero-order chi connectivity index (χ0) is 29.1. The highest BCUT2D eigenvalue weighted by Gasteiger charge is 2.56. The van der Waals surface area contributed by atoms with Crippen molar-refractivity contribution in [1.29, 1.82) is 0 Å². The molecule has 0 saturated heterocycles. The summed E-state index contributed by atoms with van der Waals surface area (Å²) in [6, 6.07) is 35.3. The highest BCUT2D eigenvalue weighted by atomic mass is 16.6. The summed E-state index contributed by atoms with van der Waals surface area (Å²) < 4.78 is 11.2. The molecule has 208 valence electrons. The van der Waals surface area contributed by atoms with Gasteiger partial charge in [-0.05, 0) is 43.2 Å². The molecule has 0 spiro atoms. The Morgan fingerprint density at radius 1 is 0.744 bits per heavy atom. The van der Waals surface area contributed by atoms with Gasteiger partial charge in [-0.1, -0.05) is 84.9 Å². The molecule has 43 heavy (non-hydrogen) atoms. The van der Waals surface area contributed by atoms with Crippen LogP contribution in [0.4, 0.5) is 0 Å². The highest BCUT2D eigenvalue weighted by molar-refractivity contribution is 6.01. The number of esters is 1. The Hall–Kier alpha value is -5.49. The smallest absolute Gasteiger partial charge is 0.360 e. The molecule has 0 amide bonds. The number of cyclic esters (lactones) is 1. The van der Waals surface area contributed by atoms with Gasteiger partial charge in [0.25, 0.3) is 0 Å². The number of carbonyl (C=O) groups excluding carboxylic acids is 1. The van der Waals surface area contributed by atoms with E-state index in [2.05, 4.69) is 94.7 Å². The Morgan fingerprint density at radius 2 is 1.37 bits per heavy atom. The SMILES string of the molecule is CCn1c(C)c(C2(c3c(-c4ccccc4)c(-c4ccccc4)c4ccccn34)OC(=O)c3nccnc32)c2ccccc21. The number of carbonyl (C=O) groups is 1. The third-order valence-corrected chi connectivity index (χ3v) is 8.67. The Labute approximate surface area is 248 Å². The number of ether oxygens (including phenoxy) is 1. The number of fused-ring (bicyclic) bond motifs is 3. The molecule has 1 aliphatic heterocycles. The van der Waals surface area contributed by atoms with Crippen LogP contribution in [0.25, 0.3) is 38.7 Å². The number of nitrogens with zero attached hydrogens (tertiary/aromatic N) is 4. The zero-order valence-corrected chi connectivity index (χ0v) is 23.9. The van der Waals surface area contributed by atoms with Gasteiger partial charge in [0.1, 0.15) is 5.69 Å². The van der Waals surface area contributed by atoms with Crippen molar-refractivity contribution >= 4 is 22.4 Å². The molecule has 1 atom stereocenters. The van der Waals surface area contributed by atoms with Gasteiger partial charge in [-0.15, -0.1) is 0 Å². The third-order valence-electron chi connectivity index (χ3n) is 8.67. The van der Waals surface area contributed by atoms with Crippen molar-refractivity contribution in [2.24, 2.45) is 0 Å². The summed E-state index contributed by atoms with van der Waals surface area (Å²) in [5.74, 6) is -0.484. The Balaban J connectivity index is 1.64. The largest absolute Gasteiger partial charge is 0.436 e. The summed E-state index contributed by atoms with van der Waals surface area (Å²) in [5, 5.41) is 1.01. The van der Waals surface area contributed by atoms with E-state index >= 15 is 0 Å². The number of hydrogen-bond donors (Lipinski definition) is 0. The Kier molecular flexibility index (Phi) is 5.59. The lowest BCUT2D eigenvalue weighted by Crippen LogP contribution is -2.33. The first-order valence-corrected chi connectivity index (χ1v) is 14.5. The molecule has 5 heterocycles. The summed E-state index contributed by atoms with van der Waals surface area (Å²) in [7, 11) is 0. The summed E-state index contributed by atoms with van der Waals surface area (Å²) in [6.07, 6.45) is 5.27. The van der Waals surface area contributed by atoms with Crippen molar-refractivity contribution in [2.45, 2.75) is 26.0 Å². The molecule has 0 saturated carbocycles. The summed E-state index contributed by atoms with van der Waals surface area (Å²) >= 11 is 0. The minimum absolute atomic E-state index is 0.237. The topological polar surface area (TPSA) is 61.4 Å². The van der Waals surface area contributed by atoms with Gasteiger partial charge in [0.2, 0.25) is 5.60 Å². The van der Waals surface area contributed by atoms with Crippen LogP contribution in [-0.4, -0.2) is 24.9 Å². The van der Waals surface area contributed by atoms with E-state index in [0.29, 0.717) is 5.69 Å². The molecule has 0 aliphatic carbocycles. The van der Waals surface area contributed by atoms with Crippen molar-refractivity contribution in [2.75, 3.05) is 0 Å². The van der Waals surface area contributed by atoms with Gasteiger partial charge in [0, 0.05) is 58.4 Å². The molecule has 3 aromatic carbocycles. The predicted molar refractivity (Wildman–Crippen MR) is 168 cm³/mol. The predicted octanol–water partition coefficient (Wildman–Crippen LogP) is 7.81. The second-order valence-corrected chi connectivity index (χ2v) is 10.8. The fraction of sp³-hybridized carbons (Fsp3) is 0.108. The molecule has 0 radical (unpaired) electrons. The lowest BCUT2D eigenvalue weighted by molar-refractivity contribution is 0.0230. The van der Waals surface area contributed by atoms with Crippen LogP contribution in [0.2, 0.25) is 0 Å². The van der Waals surface area contributed by atoms with E-state index in [9.17, 15) is 4.79 Å². The molecule has 0 N–H and O–H groups in total. The monoisotopic (exact) mass is 560 g/mol. The number of pyridine rings is 1. The van der Waals surface area contributed by atoms with Crippen molar-refractivity contribution < 1.29 is 9.53 Å². The van der Waals surface area contributed by atoms with Crippen molar-refractivity contribution in [3.05, 3.63) is 150 Å². The standard InChI is InChI=1S/C37H28N4O2/c1-3-40-24(2)32(27-18-10-11-19-28(27)40)37(34-33(36(42)43-37)38-21-22-39-34)35-31(26-16-8-5-9-17-26)30(25-14-6-4-7-15-25)29-20-12-13-23-41(29)35/h4-23H,3H2,1-2H3. The summed E-state index contributed by atoms with van der Waals surface area (Å²) in [5.41, 5.74) is 8.32. The van der Waals surface area contributed by atoms with Crippen molar-refractivity contribution in [3.8, 4) is 22.3 Å². The van der Waals surface area contributed by atoms with Crippen LogP contribution >= 0.6 is 0 Å². The molecule has 1 unspecified atom stereocenters. The van der Waals surface area contributed by atoms with E-state index in [1.165, 1.54) is 0 Å². The van der Waals surface area contributed by atoms with Gasteiger partial charge in [0.05, 0.1) is 11.2 Å². The lowest BCUT2D eigenvalue weighted by atomic mass is 9.81. The number of para-hydroxylation sites is 1. The van der Waals surface area contributed by atoms with E-state index in [4.69, 9.17) is 9.72 Å². The number of hydrogen-bond acceptors (Lipinski definition) is 4. The molecule has 7 aromatic rings. The Bertz CT molecular complexity index is 2180. The third kappa shape index (κ3) is 3.43. The summed E-state index contributed by atoms with van der Waals surface area (Å²) in [6.45, 7) is 5.01. The zero-order valence-electron chi connectivity index (χ0n) is 23.9. The van der Waals surface area contributed by atoms with E-state index in [1.54, 1.807) is 12.4 Å². The van der Waals surface area contributed by atoms with Gasteiger partial charge in [-0.2, -0.15) is 0 Å². The van der Waals surface area contributed by atoms with E-state index < -0.39 is 11.6 Å². The van der Waals surface area contributed by atoms with Gasteiger partial charge >= 0.3 is 5.97 Å². The van der Waals surface area contributed by atoms with Crippen LogP contribution in [0.3, 0.4) is 0 Å². The lowest BCUT2D eigenvalue weighted by Gasteiger charge is -2.31. The maximum absolute atomic E-state index is 13.9. The minimum atomic E-state index is -1.38. The fourth-order valence-corrected chi connectivity index (χ4v) is 7.05. The molecular formula is C37H28N4O2.